The van der Waals surface area contributed by atoms with Crippen LogP contribution in [0.3, 0.4) is 0 Å². The summed E-state index contributed by atoms with van der Waals surface area (Å²) in [6.07, 6.45) is 2.73. The van der Waals surface area contributed by atoms with Crippen molar-refractivity contribution >= 4 is 74.6 Å². The molecule has 5 aromatic rings. The van der Waals surface area contributed by atoms with Gasteiger partial charge in [0.1, 0.15) is 27.4 Å². The third-order valence-electron chi connectivity index (χ3n) is 9.10. The van der Waals surface area contributed by atoms with E-state index in [4.69, 9.17) is 37.4 Å². The molecule has 0 fully saturated rings. The highest BCUT2D eigenvalue weighted by Gasteiger charge is 2.35. The van der Waals surface area contributed by atoms with E-state index in [0.717, 1.165) is 11.4 Å². The molecule has 3 heterocycles. The van der Waals surface area contributed by atoms with Crippen LogP contribution >= 0.6 is 23.2 Å². The fourth-order valence-corrected chi connectivity index (χ4v) is 6.33. The molecule has 1 aromatic heterocycles. The van der Waals surface area contributed by atoms with Gasteiger partial charge in [-0.05, 0) is 99.5 Å². The van der Waals surface area contributed by atoms with E-state index in [1.54, 1.807) is 70.5 Å². The number of fused-ring (bicyclic) bond motifs is 1. The van der Waals surface area contributed by atoms with Gasteiger partial charge < -0.3 is 24.0 Å². The fraction of sp³-hybridized carbons (Fsp3) is 0.214. The Balaban J connectivity index is 0.000000202. The average Bonchev–Trinajstić information content (AvgIpc) is 3.68. The molecule has 20 heteroatoms. The van der Waals surface area contributed by atoms with E-state index in [1.165, 1.54) is 50.9 Å². The molecule has 0 unspecified atom stereocenters. The molecule has 1 N–H and O–H groups in total. The molecule has 7 rings (SSSR count). The van der Waals surface area contributed by atoms with Gasteiger partial charge in [-0.15, -0.1) is 0 Å². The van der Waals surface area contributed by atoms with Crippen LogP contribution in [0.1, 0.15) is 46.8 Å². The number of anilines is 3. The SMILES string of the molecule is CCOC(=O)c1nn(-c2ccc(OC)cc2)c2c1CCN(c1ccc([N+](=O)[O-])cc1)C2=O.COc1ccc(N/N=C(/C)Cl)cc1.O=C1C(Cl)=CCCN1c1ccc([N+](=O)[O-])cc1. The summed E-state index contributed by atoms with van der Waals surface area (Å²) in [7, 11) is 3.18. The summed E-state index contributed by atoms with van der Waals surface area (Å²) in [5.41, 5.74) is 6.20. The third kappa shape index (κ3) is 11.3. The van der Waals surface area contributed by atoms with E-state index >= 15 is 0 Å². The van der Waals surface area contributed by atoms with Crippen molar-refractivity contribution < 1.29 is 38.4 Å². The summed E-state index contributed by atoms with van der Waals surface area (Å²) < 4.78 is 16.8. The standard InChI is InChI=1S/C22H20N4O6.C11H9ClN2O3.C9H11ClN2O/c1-3-32-22(28)19-18-12-13-24(14-4-6-16(7-5-14)26(29)30)21(27)20(18)25(23-19)15-8-10-17(31-2)11-9-15;12-10-2-1-7-13(11(10)15)8-3-5-9(6-4-8)14(16)17;1-7(10)11-12-8-3-5-9(13-2)6-4-8/h4-11H,3,12-13H2,1-2H3;2-6H,1,7H2;3-6,12H,1-2H3/b;;11-7-. The maximum atomic E-state index is 13.5. The van der Waals surface area contributed by atoms with Gasteiger partial charge >= 0.3 is 5.97 Å². The first kappa shape index (κ1) is 45.8. The lowest BCUT2D eigenvalue weighted by molar-refractivity contribution is -0.385. The van der Waals surface area contributed by atoms with Crippen LogP contribution in [0.4, 0.5) is 28.4 Å². The maximum absolute atomic E-state index is 13.5. The largest absolute Gasteiger partial charge is 0.497 e. The number of nitro benzene ring substituents is 2. The Kier molecular flexibility index (Phi) is 15.7. The molecule has 2 amide bonds. The van der Waals surface area contributed by atoms with Crippen molar-refractivity contribution in [2.45, 2.75) is 26.7 Å². The Morgan fingerprint density at radius 3 is 1.77 bits per heavy atom. The van der Waals surface area contributed by atoms with Gasteiger partial charge in [0.25, 0.3) is 23.2 Å². The van der Waals surface area contributed by atoms with Crippen molar-refractivity contribution in [2.24, 2.45) is 5.10 Å². The van der Waals surface area contributed by atoms with E-state index < -0.39 is 15.8 Å². The van der Waals surface area contributed by atoms with Crippen LogP contribution in [-0.4, -0.2) is 76.5 Å². The van der Waals surface area contributed by atoms with Gasteiger partial charge in [0.2, 0.25) is 0 Å². The fourth-order valence-electron chi connectivity index (χ4n) is 6.08. The monoisotopic (exact) mass is 886 g/mol. The van der Waals surface area contributed by atoms with Gasteiger partial charge in [-0.1, -0.05) is 29.3 Å². The van der Waals surface area contributed by atoms with Crippen molar-refractivity contribution in [1.82, 2.24) is 9.78 Å². The number of nitrogens with one attached hydrogen (secondary N) is 1. The lowest BCUT2D eigenvalue weighted by atomic mass is 10.0. The number of esters is 1. The van der Waals surface area contributed by atoms with Crippen LogP contribution in [0.15, 0.2) is 113 Å². The predicted molar refractivity (Wildman–Crippen MR) is 234 cm³/mol. The second-order valence-electron chi connectivity index (χ2n) is 13.0. The van der Waals surface area contributed by atoms with E-state index in [0.29, 0.717) is 59.5 Å². The number of aromatic nitrogens is 2. The van der Waals surface area contributed by atoms with Crippen LogP contribution in [0, 0.1) is 20.2 Å². The molecule has 0 saturated carbocycles. The number of benzene rings is 4. The van der Waals surface area contributed by atoms with Crippen LogP contribution in [0.25, 0.3) is 5.69 Å². The molecule has 0 saturated heterocycles. The molecule has 18 nitrogen and oxygen atoms in total. The second-order valence-corrected chi connectivity index (χ2v) is 14.0. The molecule has 0 radical (unpaired) electrons. The Bertz CT molecular complexity index is 2470. The number of rotatable bonds is 11. The Morgan fingerprint density at radius 2 is 1.29 bits per heavy atom. The Labute approximate surface area is 365 Å². The number of carbonyl (C=O) groups is 3. The third-order valence-corrected chi connectivity index (χ3v) is 9.50. The number of hydrogen-bond acceptors (Lipinski definition) is 13. The molecular formula is C42H40Cl2N8O10. The van der Waals surface area contributed by atoms with Crippen molar-refractivity contribution in [2.75, 3.05) is 49.1 Å². The molecule has 0 aliphatic carbocycles. The minimum Gasteiger partial charge on any atom is -0.497 e. The van der Waals surface area contributed by atoms with E-state index in [1.807, 2.05) is 24.3 Å². The highest BCUT2D eigenvalue weighted by molar-refractivity contribution is 6.64. The van der Waals surface area contributed by atoms with Gasteiger partial charge in [-0.3, -0.25) is 35.2 Å². The number of methoxy groups -OCH3 is 2. The number of non-ortho nitro benzene ring substituents is 2. The quantitative estimate of drug-likeness (QED) is 0.0574. The van der Waals surface area contributed by atoms with Crippen LogP contribution < -0.4 is 24.7 Å². The molecule has 62 heavy (non-hydrogen) atoms. The van der Waals surface area contributed by atoms with E-state index in [2.05, 4.69) is 15.6 Å². The molecule has 0 spiro atoms. The van der Waals surface area contributed by atoms with Gasteiger partial charge in [0.05, 0.1) is 42.0 Å². The van der Waals surface area contributed by atoms with Crippen molar-refractivity contribution in [3.05, 3.63) is 145 Å². The molecule has 0 bridgehead atoms. The zero-order valence-electron chi connectivity index (χ0n) is 33.8. The normalized spacial score (nSPS) is 13.3. The highest BCUT2D eigenvalue weighted by Crippen LogP contribution is 2.31. The van der Waals surface area contributed by atoms with Crippen LogP contribution in [-0.2, 0) is 16.0 Å². The lowest BCUT2D eigenvalue weighted by Crippen LogP contribution is -2.39. The number of hydrazone groups is 1. The number of nitrogens with zero attached hydrogens (tertiary/aromatic N) is 7. The van der Waals surface area contributed by atoms with Gasteiger partial charge in [-0.25, -0.2) is 9.48 Å². The smallest absolute Gasteiger partial charge is 0.359 e. The first-order valence-electron chi connectivity index (χ1n) is 18.8. The zero-order chi connectivity index (χ0) is 44.9. The van der Waals surface area contributed by atoms with Crippen LogP contribution in [0.5, 0.6) is 11.5 Å². The topological polar surface area (TPSA) is 214 Å². The van der Waals surface area contributed by atoms with E-state index in [-0.39, 0.29) is 46.2 Å². The number of halogens is 2. The second kappa shape index (κ2) is 21.3. The highest BCUT2D eigenvalue weighted by atomic mass is 35.5. The summed E-state index contributed by atoms with van der Waals surface area (Å²) in [6.45, 7) is 4.42. The van der Waals surface area contributed by atoms with Gasteiger partial charge in [0, 0.05) is 54.3 Å². The first-order chi connectivity index (χ1) is 29.8. The minimum atomic E-state index is -0.590. The number of amides is 2. The first-order valence-corrected chi connectivity index (χ1v) is 19.5. The van der Waals surface area contributed by atoms with E-state index in [9.17, 15) is 34.6 Å². The van der Waals surface area contributed by atoms with Crippen molar-refractivity contribution in [3.8, 4) is 17.2 Å². The van der Waals surface area contributed by atoms with Gasteiger partial charge in [-0.2, -0.15) is 10.2 Å². The minimum absolute atomic E-state index is 0.000141. The number of hydrogen-bond donors (Lipinski definition) is 1. The molecule has 2 aliphatic rings. The summed E-state index contributed by atoms with van der Waals surface area (Å²) in [5, 5.41) is 30.4. The Hall–Kier alpha value is -7.31. The van der Waals surface area contributed by atoms with Crippen LogP contribution in [0.2, 0.25) is 0 Å². The number of nitro groups is 2. The zero-order valence-corrected chi connectivity index (χ0v) is 35.3. The summed E-state index contributed by atoms with van der Waals surface area (Å²) in [5.74, 6) is 0.231. The maximum Gasteiger partial charge on any atom is 0.359 e. The molecule has 4 aromatic carbocycles. The molecule has 322 valence electrons. The summed E-state index contributed by atoms with van der Waals surface area (Å²) >= 11 is 11.3. The lowest BCUT2D eigenvalue weighted by Gasteiger charge is -2.27. The average molecular weight is 888 g/mol. The summed E-state index contributed by atoms with van der Waals surface area (Å²) in [4.78, 5) is 61.2. The Morgan fingerprint density at radius 1 is 0.790 bits per heavy atom. The number of carbonyl (C=O) groups excluding carboxylic acids is 3. The number of ether oxygens (including phenoxy) is 3. The van der Waals surface area contributed by atoms with Crippen molar-refractivity contribution in [1.29, 1.82) is 0 Å². The molecular weight excluding hydrogens is 847 g/mol. The van der Waals surface area contributed by atoms with Gasteiger partial charge in [0.15, 0.2) is 5.69 Å². The van der Waals surface area contributed by atoms with Crippen molar-refractivity contribution in [3.63, 3.8) is 0 Å². The summed E-state index contributed by atoms with van der Waals surface area (Å²) in [6, 6.07) is 25.9. The molecule has 2 aliphatic heterocycles. The predicted octanol–water partition coefficient (Wildman–Crippen LogP) is 8.30. The molecule has 0 atom stereocenters.